The van der Waals surface area contributed by atoms with Crippen LogP contribution < -0.4 is 9.47 Å². The molecule has 0 saturated carbocycles. The van der Waals surface area contributed by atoms with Gasteiger partial charge in [-0.1, -0.05) is 29.3 Å². The summed E-state index contributed by atoms with van der Waals surface area (Å²) in [5.41, 5.74) is 0.392. The Morgan fingerprint density at radius 1 is 0.957 bits per heavy atom. The molecule has 0 unspecified atom stereocenters. The molecule has 0 spiro atoms. The standard InChI is InChI=1S/C16H12Cl2O5/c1-21-13-8-9(15(19)22-2)6-7-12(13)23-16(20)10-4-3-5-11(17)14(10)18/h3-8H,1-2H3. The van der Waals surface area contributed by atoms with Crippen LogP contribution in [0.4, 0.5) is 0 Å². The third kappa shape index (κ3) is 3.75. The molecule has 0 fully saturated rings. The molecule has 0 aliphatic rings. The molecule has 0 saturated heterocycles. The van der Waals surface area contributed by atoms with E-state index in [2.05, 4.69) is 4.74 Å². The Bertz CT molecular complexity index is 758. The van der Waals surface area contributed by atoms with Crippen molar-refractivity contribution in [1.82, 2.24) is 0 Å². The second-order valence-corrected chi connectivity index (χ2v) is 5.13. The number of benzene rings is 2. The first-order chi connectivity index (χ1) is 11.0. The second-order valence-electron chi connectivity index (χ2n) is 4.35. The Hall–Kier alpha value is -2.24. The zero-order valence-corrected chi connectivity index (χ0v) is 13.8. The molecule has 0 bridgehead atoms. The van der Waals surface area contributed by atoms with Crippen molar-refractivity contribution in [1.29, 1.82) is 0 Å². The van der Waals surface area contributed by atoms with E-state index in [1.54, 1.807) is 12.1 Å². The number of rotatable bonds is 4. The van der Waals surface area contributed by atoms with E-state index in [-0.39, 0.29) is 32.7 Å². The van der Waals surface area contributed by atoms with E-state index in [9.17, 15) is 9.59 Å². The molecule has 0 aromatic heterocycles. The van der Waals surface area contributed by atoms with Crippen LogP contribution in [0.2, 0.25) is 10.0 Å². The van der Waals surface area contributed by atoms with Gasteiger partial charge in [0, 0.05) is 0 Å². The molecular formula is C16H12Cl2O5. The SMILES string of the molecule is COC(=O)c1ccc(OC(=O)c2cccc(Cl)c2Cl)c(OC)c1. The Labute approximate surface area is 142 Å². The van der Waals surface area contributed by atoms with Gasteiger partial charge in [-0.3, -0.25) is 0 Å². The number of hydrogen-bond acceptors (Lipinski definition) is 5. The van der Waals surface area contributed by atoms with E-state index in [0.29, 0.717) is 0 Å². The van der Waals surface area contributed by atoms with Crippen molar-refractivity contribution in [2.24, 2.45) is 0 Å². The van der Waals surface area contributed by atoms with Gasteiger partial charge in [0.25, 0.3) is 0 Å². The van der Waals surface area contributed by atoms with Gasteiger partial charge < -0.3 is 14.2 Å². The Morgan fingerprint density at radius 3 is 2.35 bits per heavy atom. The monoisotopic (exact) mass is 354 g/mol. The molecule has 0 atom stereocenters. The van der Waals surface area contributed by atoms with E-state index in [4.69, 9.17) is 32.7 Å². The minimum absolute atomic E-state index is 0.101. The number of hydrogen-bond donors (Lipinski definition) is 0. The summed E-state index contributed by atoms with van der Waals surface area (Å²) in [6.45, 7) is 0. The Balaban J connectivity index is 2.30. The van der Waals surface area contributed by atoms with Gasteiger partial charge in [-0.2, -0.15) is 0 Å². The molecular weight excluding hydrogens is 343 g/mol. The van der Waals surface area contributed by atoms with Gasteiger partial charge >= 0.3 is 11.9 Å². The van der Waals surface area contributed by atoms with Gasteiger partial charge in [-0.05, 0) is 30.3 Å². The van der Waals surface area contributed by atoms with Crippen molar-refractivity contribution in [2.45, 2.75) is 0 Å². The van der Waals surface area contributed by atoms with Crippen molar-refractivity contribution in [3.8, 4) is 11.5 Å². The van der Waals surface area contributed by atoms with Crippen LogP contribution in [0, 0.1) is 0 Å². The largest absolute Gasteiger partial charge is 0.493 e. The second kappa shape index (κ2) is 7.35. The maximum atomic E-state index is 12.2. The lowest BCUT2D eigenvalue weighted by Gasteiger charge is -2.11. The zero-order chi connectivity index (χ0) is 17.0. The first-order valence-electron chi connectivity index (χ1n) is 6.40. The molecule has 0 amide bonds. The van der Waals surface area contributed by atoms with Crippen LogP contribution in [-0.4, -0.2) is 26.2 Å². The van der Waals surface area contributed by atoms with Gasteiger partial charge in [0.05, 0.1) is 35.4 Å². The summed E-state index contributed by atoms with van der Waals surface area (Å²) >= 11 is 11.9. The lowest BCUT2D eigenvalue weighted by atomic mass is 10.2. The van der Waals surface area contributed by atoms with Gasteiger partial charge in [0.1, 0.15) is 0 Å². The lowest BCUT2D eigenvalue weighted by Crippen LogP contribution is -2.10. The van der Waals surface area contributed by atoms with Crippen molar-refractivity contribution >= 4 is 35.1 Å². The number of carbonyl (C=O) groups is 2. The average Bonchev–Trinajstić information content (AvgIpc) is 2.56. The summed E-state index contributed by atoms with van der Waals surface area (Å²) in [5, 5.41) is 0.346. The van der Waals surface area contributed by atoms with E-state index in [0.717, 1.165) is 0 Å². The summed E-state index contributed by atoms with van der Waals surface area (Å²) in [5.74, 6) is -0.874. The van der Waals surface area contributed by atoms with E-state index < -0.39 is 11.9 Å². The fraction of sp³-hybridized carbons (Fsp3) is 0.125. The average molecular weight is 355 g/mol. The minimum atomic E-state index is -0.693. The molecule has 0 radical (unpaired) electrons. The Kier molecular flexibility index (Phi) is 5.47. The quantitative estimate of drug-likeness (QED) is 0.613. The molecule has 7 heteroatoms. The number of methoxy groups -OCH3 is 2. The van der Waals surface area contributed by atoms with Crippen LogP contribution in [0.1, 0.15) is 20.7 Å². The molecule has 2 rings (SSSR count). The van der Waals surface area contributed by atoms with Crippen LogP contribution in [0.25, 0.3) is 0 Å². The van der Waals surface area contributed by atoms with Gasteiger partial charge in [0.15, 0.2) is 11.5 Å². The fourth-order valence-corrected chi connectivity index (χ4v) is 2.19. The normalized spacial score (nSPS) is 10.1. The van der Waals surface area contributed by atoms with E-state index >= 15 is 0 Å². The molecule has 120 valence electrons. The molecule has 2 aromatic carbocycles. The van der Waals surface area contributed by atoms with Crippen LogP contribution in [0.5, 0.6) is 11.5 Å². The predicted octanol–water partition coefficient (Wildman–Crippen LogP) is 4.01. The van der Waals surface area contributed by atoms with Gasteiger partial charge in [0.2, 0.25) is 0 Å². The highest BCUT2D eigenvalue weighted by molar-refractivity contribution is 6.43. The molecule has 0 aliphatic heterocycles. The summed E-state index contributed by atoms with van der Waals surface area (Å²) in [6.07, 6.45) is 0. The van der Waals surface area contributed by atoms with Crippen molar-refractivity contribution in [3.05, 3.63) is 57.6 Å². The number of carbonyl (C=O) groups excluding carboxylic acids is 2. The third-order valence-corrected chi connectivity index (χ3v) is 3.78. The molecule has 0 aliphatic carbocycles. The number of halogens is 2. The van der Waals surface area contributed by atoms with E-state index in [1.165, 1.54) is 38.5 Å². The van der Waals surface area contributed by atoms with Crippen molar-refractivity contribution in [3.63, 3.8) is 0 Å². The van der Waals surface area contributed by atoms with Crippen molar-refractivity contribution < 1.29 is 23.8 Å². The first-order valence-corrected chi connectivity index (χ1v) is 7.16. The highest BCUT2D eigenvalue weighted by Gasteiger charge is 2.18. The molecule has 5 nitrogen and oxygen atoms in total. The van der Waals surface area contributed by atoms with Gasteiger partial charge in [-0.15, -0.1) is 0 Å². The molecule has 2 aromatic rings. The Morgan fingerprint density at radius 2 is 1.70 bits per heavy atom. The van der Waals surface area contributed by atoms with Gasteiger partial charge in [-0.25, -0.2) is 9.59 Å². The minimum Gasteiger partial charge on any atom is -0.493 e. The molecule has 0 N–H and O–H groups in total. The number of esters is 2. The predicted molar refractivity (Wildman–Crippen MR) is 85.8 cm³/mol. The highest BCUT2D eigenvalue weighted by Crippen LogP contribution is 2.31. The summed E-state index contributed by atoms with van der Waals surface area (Å²) in [7, 11) is 2.66. The summed E-state index contributed by atoms with van der Waals surface area (Å²) in [4.78, 5) is 23.7. The first kappa shape index (κ1) is 17.1. The lowest BCUT2D eigenvalue weighted by molar-refractivity contribution is 0.0600. The smallest absolute Gasteiger partial charge is 0.345 e. The van der Waals surface area contributed by atoms with Crippen LogP contribution in [-0.2, 0) is 4.74 Å². The maximum Gasteiger partial charge on any atom is 0.345 e. The van der Waals surface area contributed by atoms with E-state index in [1.807, 2.05) is 0 Å². The molecule has 0 heterocycles. The summed E-state index contributed by atoms with van der Waals surface area (Å²) in [6, 6.07) is 8.94. The highest BCUT2D eigenvalue weighted by atomic mass is 35.5. The van der Waals surface area contributed by atoms with Crippen LogP contribution >= 0.6 is 23.2 Å². The topological polar surface area (TPSA) is 61.8 Å². The summed E-state index contributed by atoms with van der Waals surface area (Å²) < 4.78 is 15.0. The fourth-order valence-electron chi connectivity index (χ4n) is 1.81. The maximum absolute atomic E-state index is 12.2. The molecule has 23 heavy (non-hydrogen) atoms. The number of ether oxygens (including phenoxy) is 3. The van der Waals surface area contributed by atoms with Crippen LogP contribution in [0.3, 0.4) is 0 Å². The zero-order valence-electron chi connectivity index (χ0n) is 12.3. The van der Waals surface area contributed by atoms with Crippen LogP contribution in [0.15, 0.2) is 36.4 Å². The van der Waals surface area contributed by atoms with Crippen molar-refractivity contribution in [2.75, 3.05) is 14.2 Å². The third-order valence-electron chi connectivity index (χ3n) is 2.96.